The van der Waals surface area contributed by atoms with Gasteiger partial charge in [0.2, 0.25) is 0 Å². The molecule has 0 spiro atoms. The Morgan fingerprint density at radius 1 is 0.917 bits per heavy atom. The van der Waals surface area contributed by atoms with Crippen LogP contribution in [-0.4, -0.2) is 39.8 Å². The molecule has 36 heavy (non-hydrogen) atoms. The first-order valence-electron chi connectivity index (χ1n) is 11.8. The highest BCUT2D eigenvalue weighted by molar-refractivity contribution is 6.51. The molecule has 1 N–H and O–H groups in total. The van der Waals surface area contributed by atoms with Crippen molar-refractivity contribution in [3.63, 3.8) is 0 Å². The number of hydrogen-bond acceptors (Lipinski definition) is 7. The number of nitrogens with zero attached hydrogens (tertiary/aromatic N) is 4. The molecule has 2 aromatic carbocycles. The summed E-state index contributed by atoms with van der Waals surface area (Å²) in [6, 6.07) is 16.9. The standard InChI is InChI=1S/C27H24N4O5/c32-25(18-7-9-21(10-8-18)31(35)36)23-24(22-6-2-3-15-28-22)30(27(34)26(23)33)20-13-11-19(12-14-20)29-16-4-1-5-17-29/h2-3,6-15,24,32H,1,4-5,16-17H2/b25-23-. The number of piperidine rings is 1. The van der Waals surface area contributed by atoms with Crippen molar-refractivity contribution in [3.05, 3.63) is 99.9 Å². The van der Waals surface area contributed by atoms with Crippen molar-refractivity contribution in [2.24, 2.45) is 0 Å². The second-order valence-corrected chi connectivity index (χ2v) is 8.79. The number of nitro groups is 1. The van der Waals surface area contributed by atoms with Crippen LogP contribution in [0.4, 0.5) is 17.1 Å². The summed E-state index contributed by atoms with van der Waals surface area (Å²) in [5, 5.41) is 22.1. The number of non-ortho nitro benzene ring substituents is 1. The van der Waals surface area contributed by atoms with Gasteiger partial charge in [-0.3, -0.25) is 29.6 Å². The minimum absolute atomic E-state index is 0.118. The summed E-state index contributed by atoms with van der Waals surface area (Å²) in [5.74, 6) is -2.03. The van der Waals surface area contributed by atoms with E-state index in [1.807, 2.05) is 12.1 Å². The van der Waals surface area contributed by atoms with Crippen molar-refractivity contribution in [3.8, 4) is 0 Å². The lowest BCUT2D eigenvalue weighted by Gasteiger charge is -2.30. The highest BCUT2D eigenvalue weighted by atomic mass is 16.6. The summed E-state index contributed by atoms with van der Waals surface area (Å²) >= 11 is 0. The molecule has 0 saturated carbocycles. The smallest absolute Gasteiger partial charge is 0.300 e. The van der Waals surface area contributed by atoms with E-state index in [9.17, 15) is 24.8 Å². The largest absolute Gasteiger partial charge is 0.507 e. The lowest BCUT2D eigenvalue weighted by Crippen LogP contribution is -2.31. The number of anilines is 2. The number of ketones is 1. The van der Waals surface area contributed by atoms with E-state index >= 15 is 0 Å². The van der Waals surface area contributed by atoms with Gasteiger partial charge < -0.3 is 10.0 Å². The van der Waals surface area contributed by atoms with Crippen LogP contribution in [0.15, 0.2) is 78.5 Å². The van der Waals surface area contributed by atoms with Gasteiger partial charge >= 0.3 is 0 Å². The Morgan fingerprint density at radius 3 is 2.19 bits per heavy atom. The number of Topliss-reactive ketones (excluding diaryl/α,β-unsaturated/α-hetero) is 1. The molecule has 0 aliphatic carbocycles. The maximum absolute atomic E-state index is 13.3. The summed E-state index contributed by atoms with van der Waals surface area (Å²) in [7, 11) is 0. The quantitative estimate of drug-likeness (QED) is 0.185. The molecule has 3 aromatic rings. The number of rotatable bonds is 5. The third-order valence-corrected chi connectivity index (χ3v) is 6.61. The molecule has 2 fully saturated rings. The van der Waals surface area contributed by atoms with Crippen LogP contribution < -0.4 is 9.80 Å². The van der Waals surface area contributed by atoms with Crippen LogP contribution in [0.1, 0.15) is 36.6 Å². The van der Waals surface area contributed by atoms with Crippen LogP contribution in [0.5, 0.6) is 0 Å². The number of carbonyl (C=O) groups is 2. The lowest BCUT2D eigenvalue weighted by atomic mass is 9.98. The summed E-state index contributed by atoms with van der Waals surface area (Å²) in [6.07, 6.45) is 5.05. The zero-order valence-electron chi connectivity index (χ0n) is 19.4. The fraction of sp³-hybridized carbons (Fsp3) is 0.222. The van der Waals surface area contributed by atoms with Crippen LogP contribution in [0.3, 0.4) is 0 Å². The molecule has 9 nitrogen and oxygen atoms in total. The van der Waals surface area contributed by atoms with E-state index < -0.39 is 28.4 Å². The van der Waals surface area contributed by atoms with E-state index in [1.165, 1.54) is 35.6 Å². The summed E-state index contributed by atoms with van der Waals surface area (Å²) in [4.78, 5) is 45.0. The maximum Gasteiger partial charge on any atom is 0.300 e. The number of amides is 1. The Bertz CT molecular complexity index is 1330. The number of benzene rings is 2. The first-order valence-corrected chi connectivity index (χ1v) is 11.8. The minimum atomic E-state index is -0.956. The van der Waals surface area contributed by atoms with Crippen molar-refractivity contribution in [2.45, 2.75) is 25.3 Å². The van der Waals surface area contributed by atoms with Crippen molar-refractivity contribution < 1.29 is 19.6 Å². The molecular weight excluding hydrogens is 460 g/mol. The van der Waals surface area contributed by atoms with E-state index in [0.717, 1.165) is 31.6 Å². The highest BCUT2D eigenvalue weighted by Crippen LogP contribution is 2.42. The van der Waals surface area contributed by atoms with Gasteiger partial charge in [-0.15, -0.1) is 0 Å². The van der Waals surface area contributed by atoms with E-state index in [4.69, 9.17) is 0 Å². The molecule has 2 aliphatic rings. The fourth-order valence-corrected chi connectivity index (χ4v) is 4.79. The molecule has 1 unspecified atom stereocenters. The average molecular weight is 485 g/mol. The van der Waals surface area contributed by atoms with Crippen LogP contribution in [-0.2, 0) is 9.59 Å². The molecule has 1 aromatic heterocycles. The Kier molecular flexibility index (Phi) is 6.20. The van der Waals surface area contributed by atoms with Gasteiger partial charge in [-0.1, -0.05) is 6.07 Å². The van der Waals surface area contributed by atoms with Crippen LogP contribution in [0.25, 0.3) is 5.76 Å². The first kappa shape index (κ1) is 23.2. The van der Waals surface area contributed by atoms with Crippen molar-refractivity contribution >= 4 is 34.5 Å². The topological polar surface area (TPSA) is 117 Å². The Balaban J connectivity index is 1.58. The third kappa shape index (κ3) is 4.19. The van der Waals surface area contributed by atoms with E-state index in [-0.39, 0.29) is 16.8 Å². The van der Waals surface area contributed by atoms with Gasteiger partial charge in [-0.25, -0.2) is 0 Å². The van der Waals surface area contributed by atoms with Gasteiger partial charge in [0.05, 0.1) is 16.2 Å². The SMILES string of the molecule is O=C1C(=O)N(c2ccc(N3CCCCC3)cc2)C(c2ccccn2)/C1=C(/O)c1ccc([N+](=O)[O-])cc1. The molecular formula is C27H24N4O5. The van der Waals surface area contributed by atoms with Crippen molar-refractivity contribution in [2.75, 3.05) is 22.9 Å². The first-order chi connectivity index (χ1) is 17.5. The number of aliphatic hydroxyl groups is 1. The number of aromatic nitrogens is 1. The minimum Gasteiger partial charge on any atom is -0.507 e. The second kappa shape index (κ2) is 9.61. The third-order valence-electron chi connectivity index (χ3n) is 6.61. The van der Waals surface area contributed by atoms with Gasteiger partial charge in [-0.2, -0.15) is 0 Å². The number of carbonyl (C=O) groups excluding carboxylic acids is 2. The zero-order chi connectivity index (χ0) is 25.2. The zero-order valence-corrected chi connectivity index (χ0v) is 19.4. The molecule has 0 radical (unpaired) electrons. The van der Waals surface area contributed by atoms with Crippen LogP contribution in [0, 0.1) is 10.1 Å². The molecule has 1 atom stereocenters. The predicted molar refractivity (Wildman–Crippen MR) is 135 cm³/mol. The predicted octanol–water partition coefficient (Wildman–Crippen LogP) is 4.61. The van der Waals surface area contributed by atoms with Gasteiger partial charge in [0.1, 0.15) is 11.8 Å². The lowest BCUT2D eigenvalue weighted by molar-refractivity contribution is -0.384. The second-order valence-electron chi connectivity index (χ2n) is 8.79. The maximum atomic E-state index is 13.3. The molecule has 1 amide bonds. The van der Waals surface area contributed by atoms with Gasteiger partial charge in [-0.05, 0) is 67.8 Å². The Morgan fingerprint density at radius 2 is 1.58 bits per heavy atom. The van der Waals surface area contributed by atoms with E-state index in [1.54, 1.807) is 36.5 Å². The molecule has 2 aliphatic heterocycles. The van der Waals surface area contributed by atoms with Crippen molar-refractivity contribution in [1.29, 1.82) is 0 Å². The number of pyridine rings is 1. The average Bonchev–Trinajstić information content (AvgIpc) is 3.19. The molecule has 0 bridgehead atoms. The van der Waals surface area contributed by atoms with E-state index in [2.05, 4.69) is 9.88 Å². The van der Waals surface area contributed by atoms with Gasteiger partial charge in [0, 0.05) is 48.4 Å². The van der Waals surface area contributed by atoms with E-state index in [0.29, 0.717) is 11.4 Å². The van der Waals surface area contributed by atoms with Crippen molar-refractivity contribution in [1.82, 2.24) is 4.98 Å². The number of nitro benzene ring substituents is 1. The number of aliphatic hydroxyl groups excluding tert-OH is 1. The molecule has 182 valence electrons. The monoisotopic (exact) mass is 484 g/mol. The number of hydrogen-bond donors (Lipinski definition) is 1. The summed E-state index contributed by atoms with van der Waals surface area (Å²) in [5.41, 5.74) is 1.90. The normalized spacial score (nSPS) is 19.5. The van der Waals surface area contributed by atoms with Gasteiger partial charge in [0.25, 0.3) is 17.4 Å². The Hall–Kier alpha value is -4.53. The molecule has 5 rings (SSSR count). The molecule has 3 heterocycles. The van der Waals surface area contributed by atoms with Gasteiger partial charge in [0.15, 0.2) is 0 Å². The molecule has 2 saturated heterocycles. The summed E-state index contributed by atoms with van der Waals surface area (Å²) in [6.45, 7) is 1.96. The highest BCUT2D eigenvalue weighted by Gasteiger charge is 2.47. The fourth-order valence-electron chi connectivity index (χ4n) is 4.79. The summed E-state index contributed by atoms with van der Waals surface area (Å²) < 4.78 is 0. The van der Waals surface area contributed by atoms with Crippen LogP contribution >= 0.6 is 0 Å². The molecule has 9 heteroatoms. The Labute approximate surface area is 207 Å². The van der Waals surface area contributed by atoms with Crippen LogP contribution in [0.2, 0.25) is 0 Å².